The van der Waals surface area contributed by atoms with Crippen molar-refractivity contribution in [2.75, 3.05) is 14.1 Å². The summed E-state index contributed by atoms with van der Waals surface area (Å²) in [5.74, 6) is -1.69. The number of carbonyl (C=O) groups is 1. The van der Waals surface area contributed by atoms with Crippen LogP contribution >= 0.6 is 11.6 Å². The number of halogens is 1. The number of carbonyl (C=O) groups excluding carboxylic acids is 1. The van der Waals surface area contributed by atoms with Crippen LogP contribution in [0.25, 0.3) is 0 Å². The molecule has 170 valence electrons. The van der Waals surface area contributed by atoms with Crippen LogP contribution in [0.3, 0.4) is 0 Å². The molecule has 0 bridgehead atoms. The van der Waals surface area contributed by atoms with Crippen molar-refractivity contribution in [2.24, 2.45) is 5.92 Å². The molecule has 0 saturated heterocycles. The monoisotopic (exact) mass is 464 g/mol. The van der Waals surface area contributed by atoms with Gasteiger partial charge in [0.1, 0.15) is 17.5 Å². The molecule has 1 fully saturated rings. The zero-order valence-corrected chi connectivity index (χ0v) is 19.3. The molecule has 0 spiro atoms. The van der Waals surface area contributed by atoms with Crippen molar-refractivity contribution < 1.29 is 19.7 Å². The average molecular weight is 465 g/mol. The lowest BCUT2D eigenvalue weighted by Gasteiger charge is -2.40. The van der Waals surface area contributed by atoms with Crippen LogP contribution in [0.15, 0.2) is 66.9 Å². The molecule has 1 aromatic heterocycles. The van der Waals surface area contributed by atoms with Crippen molar-refractivity contribution in [2.45, 2.75) is 30.1 Å². The van der Waals surface area contributed by atoms with Crippen molar-refractivity contribution in [3.8, 4) is 5.75 Å². The van der Waals surface area contributed by atoms with Crippen LogP contribution in [0.5, 0.6) is 5.75 Å². The second kappa shape index (κ2) is 7.55. The minimum atomic E-state index is -1.99. The molecular weight excluding hydrogens is 440 g/mol. The molecule has 1 aliphatic heterocycles. The Hall–Kier alpha value is -2.93. The van der Waals surface area contributed by atoms with E-state index in [9.17, 15) is 15.0 Å². The van der Waals surface area contributed by atoms with Gasteiger partial charge < -0.3 is 19.8 Å². The number of fused-ring (bicyclic) bond motifs is 3. The first-order valence-electron chi connectivity index (χ1n) is 10.8. The number of aromatic nitrogens is 1. The fraction of sp³-hybridized carbons (Fsp3) is 0.308. The highest BCUT2D eigenvalue weighted by molar-refractivity contribution is 6.30. The number of aliphatic hydroxyl groups excluding tert-OH is 1. The Morgan fingerprint density at radius 2 is 1.79 bits per heavy atom. The summed E-state index contributed by atoms with van der Waals surface area (Å²) in [7, 11) is 3.28. The van der Waals surface area contributed by atoms with Gasteiger partial charge in [-0.1, -0.05) is 71.8 Å². The van der Waals surface area contributed by atoms with E-state index in [0.717, 1.165) is 11.1 Å². The van der Waals surface area contributed by atoms with Gasteiger partial charge in [-0.3, -0.25) is 9.78 Å². The minimum Gasteiger partial charge on any atom is -0.476 e. The second-order valence-corrected chi connectivity index (χ2v) is 9.50. The predicted molar refractivity (Wildman–Crippen MR) is 124 cm³/mol. The molecule has 33 heavy (non-hydrogen) atoms. The zero-order valence-electron chi connectivity index (χ0n) is 18.6. The molecule has 2 heterocycles. The Labute approximate surface area is 197 Å². The van der Waals surface area contributed by atoms with Gasteiger partial charge in [0, 0.05) is 32.3 Å². The summed E-state index contributed by atoms with van der Waals surface area (Å²) in [4.78, 5) is 19.3. The van der Waals surface area contributed by atoms with Crippen molar-refractivity contribution >= 4 is 17.5 Å². The Morgan fingerprint density at radius 3 is 2.42 bits per heavy atom. The number of nitrogens with zero attached hydrogens (tertiary/aromatic N) is 2. The number of pyridine rings is 1. The first kappa shape index (κ1) is 21.9. The van der Waals surface area contributed by atoms with E-state index in [4.69, 9.17) is 16.3 Å². The van der Waals surface area contributed by atoms with E-state index in [1.54, 1.807) is 20.2 Å². The third kappa shape index (κ3) is 2.88. The molecule has 2 aliphatic rings. The van der Waals surface area contributed by atoms with Crippen molar-refractivity contribution in [1.29, 1.82) is 0 Å². The molecular formula is C26H25ClN2O4. The largest absolute Gasteiger partial charge is 0.476 e. The van der Waals surface area contributed by atoms with Crippen molar-refractivity contribution in [3.63, 3.8) is 0 Å². The van der Waals surface area contributed by atoms with Gasteiger partial charge in [-0.05, 0) is 18.1 Å². The van der Waals surface area contributed by atoms with E-state index in [1.165, 1.54) is 11.1 Å². The van der Waals surface area contributed by atoms with Gasteiger partial charge in [0.05, 0.1) is 10.9 Å². The summed E-state index contributed by atoms with van der Waals surface area (Å²) in [6.07, 6.45) is -0.0630. The molecule has 0 radical (unpaired) electrons. The van der Waals surface area contributed by atoms with Crippen LogP contribution in [-0.2, 0) is 16.0 Å². The molecule has 1 amide bonds. The topological polar surface area (TPSA) is 82.9 Å². The summed E-state index contributed by atoms with van der Waals surface area (Å²) in [5.41, 5.74) is -0.864. The average Bonchev–Trinajstić information content (AvgIpc) is 3.17. The number of aryl methyl sites for hydroxylation is 1. The number of benzene rings is 2. The minimum absolute atomic E-state index is 0.176. The van der Waals surface area contributed by atoms with Gasteiger partial charge in [-0.15, -0.1) is 0 Å². The Morgan fingerprint density at radius 1 is 1.12 bits per heavy atom. The predicted octanol–water partition coefficient (Wildman–Crippen LogP) is 3.38. The third-order valence-corrected chi connectivity index (χ3v) is 7.15. The maximum absolute atomic E-state index is 13.5. The number of rotatable bonds is 3. The van der Waals surface area contributed by atoms with Crippen LogP contribution in [-0.4, -0.2) is 46.2 Å². The maximum atomic E-state index is 13.5. The number of amides is 1. The molecule has 1 aliphatic carbocycles. The molecule has 6 nitrogen and oxygen atoms in total. The molecule has 5 rings (SSSR count). The van der Waals surface area contributed by atoms with Gasteiger partial charge in [-0.2, -0.15) is 0 Å². The lowest BCUT2D eigenvalue weighted by Crippen LogP contribution is -2.52. The molecule has 5 atom stereocenters. The number of aliphatic hydroxyl groups is 2. The second-order valence-electron chi connectivity index (χ2n) is 9.06. The Bertz CT molecular complexity index is 1220. The van der Waals surface area contributed by atoms with E-state index >= 15 is 0 Å². The third-order valence-electron chi connectivity index (χ3n) is 6.95. The highest BCUT2D eigenvalue weighted by atomic mass is 35.5. The summed E-state index contributed by atoms with van der Waals surface area (Å²) < 4.78 is 6.60. The van der Waals surface area contributed by atoms with E-state index in [-0.39, 0.29) is 11.6 Å². The molecule has 1 unspecified atom stereocenters. The summed E-state index contributed by atoms with van der Waals surface area (Å²) in [6.45, 7) is 1.97. The number of ether oxygens (including phenoxy) is 1. The van der Waals surface area contributed by atoms with Crippen molar-refractivity contribution in [3.05, 3.63) is 94.3 Å². The standard InChI is InChI=1S/C26H25ClN2O4/c1-15-9-11-17(12-10-15)26-21(16-7-5-4-6-8-16)20(24(31)29(2)3)23(30)25(26,32)22-19(33-26)13-18(27)14-28-22/h4-14,20-21,23,30,32H,1-3H3/t20-,21-,23-,25+,26?/m1/s1. The van der Waals surface area contributed by atoms with E-state index in [1.807, 2.05) is 61.5 Å². The van der Waals surface area contributed by atoms with E-state index < -0.39 is 29.1 Å². The van der Waals surface area contributed by atoms with Crippen LogP contribution in [0.4, 0.5) is 0 Å². The number of hydrogen-bond acceptors (Lipinski definition) is 5. The lowest BCUT2D eigenvalue weighted by atomic mass is 9.71. The van der Waals surface area contributed by atoms with Crippen LogP contribution < -0.4 is 4.74 Å². The molecule has 2 N–H and O–H groups in total. The number of hydrogen-bond donors (Lipinski definition) is 2. The summed E-state index contributed by atoms with van der Waals surface area (Å²) in [5, 5.41) is 24.5. The summed E-state index contributed by atoms with van der Waals surface area (Å²) >= 11 is 6.20. The van der Waals surface area contributed by atoms with Crippen LogP contribution in [0.1, 0.15) is 28.3 Å². The smallest absolute Gasteiger partial charge is 0.228 e. The first-order chi connectivity index (χ1) is 15.7. The molecule has 3 aromatic rings. The zero-order chi connectivity index (χ0) is 23.5. The van der Waals surface area contributed by atoms with Gasteiger partial charge >= 0.3 is 0 Å². The van der Waals surface area contributed by atoms with Crippen molar-refractivity contribution in [1.82, 2.24) is 9.88 Å². The highest BCUT2D eigenvalue weighted by Crippen LogP contribution is 2.68. The SMILES string of the molecule is Cc1ccc(C23Oc4cc(Cl)cnc4[C@]2(O)[C@H](O)[C@H](C(=O)N(C)C)[C@H]3c2ccccc2)cc1. The van der Waals surface area contributed by atoms with E-state index in [0.29, 0.717) is 16.3 Å². The Kier molecular flexibility index (Phi) is 5.01. The van der Waals surface area contributed by atoms with E-state index in [2.05, 4.69) is 4.98 Å². The molecule has 2 aromatic carbocycles. The highest BCUT2D eigenvalue weighted by Gasteiger charge is 2.78. The first-order valence-corrected chi connectivity index (χ1v) is 11.2. The molecule has 1 saturated carbocycles. The summed E-state index contributed by atoms with van der Waals surface area (Å²) in [6, 6.07) is 18.6. The van der Waals surface area contributed by atoms with Crippen LogP contribution in [0, 0.1) is 12.8 Å². The maximum Gasteiger partial charge on any atom is 0.228 e. The van der Waals surface area contributed by atoms with Crippen LogP contribution in [0.2, 0.25) is 5.02 Å². The van der Waals surface area contributed by atoms with Gasteiger partial charge in [0.25, 0.3) is 0 Å². The Balaban J connectivity index is 1.87. The van der Waals surface area contributed by atoms with Gasteiger partial charge in [0.15, 0.2) is 11.2 Å². The normalized spacial score (nSPS) is 29.8. The lowest BCUT2D eigenvalue weighted by molar-refractivity contribution is -0.157. The quantitative estimate of drug-likeness (QED) is 0.621. The fourth-order valence-electron chi connectivity index (χ4n) is 5.51. The molecule has 7 heteroatoms. The fourth-order valence-corrected chi connectivity index (χ4v) is 5.65. The van der Waals surface area contributed by atoms with Gasteiger partial charge in [0.2, 0.25) is 5.91 Å². The van der Waals surface area contributed by atoms with Gasteiger partial charge in [-0.25, -0.2) is 0 Å².